The van der Waals surface area contributed by atoms with Gasteiger partial charge in [-0.15, -0.1) is 0 Å². The quantitative estimate of drug-likeness (QED) is 0.829. The van der Waals surface area contributed by atoms with Crippen LogP contribution in [0, 0.1) is 0 Å². The van der Waals surface area contributed by atoms with Gasteiger partial charge in [0.1, 0.15) is 11.8 Å². The maximum Gasteiger partial charge on any atom is 0.321 e. The maximum atomic E-state index is 11.9. The average molecular weight is 354 g/mol. The first-order valence-electron chi connectivity index (χ1n) is 9.16. The molecule has 1 aliphatic heterocycles. The fourth-order valence-corrected chi connectivity index (χ4v) is 3.48. The number of piperazine rings is 1. The van der Waals surface area contributed by atoms with Crippen LogP contribution in [0.4, 0.5) is 5.69 Å². The summed E-state index contributed by atoms with van der Waals surface area (Å²) in [4.78, 5) is 16.3. The van der Waals surface area contributed by atoms with Crippen LogP contribution in [0.3, 0.4) is 0 Å². The third-order valence-electron chi connectivity index (χ3n) is 4.85. The summed E-state index contributed by atoms with van der Waals surface area (Å²) in [6.07, 6.45) is 0.455. The van der Waals surface area contributed by atoms with Crippen molar-refractivity contribution in [2.45, 2.75) is 19.4 Å². The van der Waals surface area contributed by atoms with Crippen LogP contribution in [0.25, 0.3) is 0 Å². The van der Waals surface area contributed by atoms with Crippen LogP contribution in [0.2, 0.25) is 0 Å². The zero-order valence-corrected chi connectivity index (χ0v) is 15.2. The van der Waals surface area contributed by atoms with Gasteiger partial charge in [-0.1, -0.05) is 36.4 Å². The average Bonchev–Trinajstić information content (AvgIpc) is 2.68. The molecule has 5 nitrogen and oxygen atoms in total. The lowest BCUT2D eigenvalue weighted by atomic mass is 10.0. The summed E-state index contributed by atoms with van der Waals surface area (Å²) >= 11 is 0. The molecule has 1 heterocycles. The van der Waals surface area contributed by atoms with Crippen molar-refractivity contribution in [3.05, 3.63) is 60.2 Å². The third-order valence-corrected chi connectivity index (χ3v) is 4.85. The summed E-state index contributed by atoms with van der Waals surface area (Å²) in [5.41, 5.74) is 2.15. The molecule has 2 aromatic rings. The number of para-hydroxylation sites is 2. The zero-order valence-electron chi connectivity index (χ0n) is 15.2. The van der Waals surface area contributed by atoms with Crippen LogP contribution >= 0.6 is 0 Å². The van der Waals surface area contributed by atoms with Crippen molar-refractivity contribution in [3.63, 3.8) is 0 Å². The van der Waals surface area contributed by atoms with Crippen LogP contribution in [-0.2, 0) is 11.2 Å². The number of carboxylic acids is 1. The van der Waals surface area contributed by atoms with Gasteiger partial charge in [0.05, 0.1) is 6.61 Å². The van der Waals surface area contributed by atoms with Crippen molar-refractivity contribution in [2.75, 3.05) is 37.7 Å². The Hall–Kier alpha value is -2.53. The molecule has 0 amide bonds. The van der Waals surface area contributed by atoms with Gasteiger partial charge in [0.15, 0.2) is 0 Å². The Morgan fingerprint density at radius 1 is 1.04 bits per heavy atom. The molecule has 1 fully saturated rings. The van der Waals surface area contributed by atoms with Crippen LogP contribution in [0.15, 0.2) is 54.6 Å². The minimum absolute atomic E-state index is 0.455. The van der Waals surface area contributed by atoms with Crippen molar-refractivity contribution in [1.82, 2.24) is 4.90 Å². The minimum atomic E-state index is -0.774. The van der Waals surface area contributed by atoms with Gasteiger partial charge >= 0.3 is 5.97 Å². The summed E-state index contributed by atoms with van der Waals surface area (Å²) in [5.74, 6) is 0.00799. The van der Waals surface area contributed by atoms with Gasteiger partial charge in [-0.2, -0.15) is 0 Å². The number of hydrogen-bond donors (Lipinski definition) is 1. The van der Waals surface area contributed by atoms with E-state index in [-0.39, 0.29) is 0 Å². The predicted octanol–water partition coefficient (Wildman–Crippen LogP) is 2.90. The second kappa shape index (κ2) is 8.72. The summed E-state index contributed by atoms with van der Waals surface area (Å²) in [5, 5.41) is 9.79. The molecule has 0 unspecified atom stereocenters. The van der Waals surface area contributed by atoms with E-state index in [1.54, 1.807) is 0 Å². The predicted molar refractivity (Wildman–Crippen MR) is 103 cm³/mol. The highest BCUT2D eigenvalue weighted by molar-refractivity contribution is 5.74. The van der Waals surface area contributed by atoms with E-state index in [0.717, 1.165) is 37.5 Å². The SMILES string of the molecule is CCOc1ccccc1C[C@@H](C(=O)O)N1CCN(c2ccccc2)CC1. The van der Waals surface area contributed by atoms with Gasteiger partial charge in [0.2, 0.25) is 0 Å². The number of carbonyl (C=O) groups is 1. The first-order chi connectivity index (χ1) is 12.7. The highest BCUT2D eigenvalue weighted by atomic mass is 16.5. The lowest BCUT2D eigenvalue weighted by molar-refractivity contribution is -0.143. The van der Waals surface area contributed by atoms with Crippen molar-refractivity contribution in [1.29, 1.82) is 0 Å². The maximum absolute atomic E-state index is 11.9. The third kappa shape index (κ3) is 4.35. The molecule has 0 aliphatic carbocycles. The lowest BCUT2D eigenvalue weighted by Crippen LogP contribution is -2.53. The molecule has 5 heteroatoms. The van der Waals surface area contributed by atoms with Gasteiger partial charge < -0.3 is 14.7 Å². The van der Waals surface area contributed by atoms with Crippen LogP contribution in [0.1, 0.15) is 12.5 Å². The van der Waals surface area contributed by atoms with E-state index in [1.165, 1.54) is 5.69 Å². The van der Waals surface area contributed by atoms with E-state index in [1.807, 2.05) is 49.4 Å². The normalized spacial score (nSPS) is 16.3. The molecule has 0 spiro atoms. The largest absolute Gasteiger partial charge is 0.494 e. The Labute approximate surface area is 154 Å². The molecule has 0 radical (unpaired) electrons. The Kier molecular flexibility index (Phi) is 6.12. The minimum Gasteiger partial charge on any atom is -0.494 e. The van der Waals surface area contributed by atoms with Gasteiger partial charge in [-0.3, -0.25) is 9.69 Å². The van der Waals surface area contributed by atoms with Gasteiger partial charge in [-0.25, -0.2) is 0 Å². The van der Waals surface area contributed by atoms with Crippen molar-refractivity contribution >= 4 is 11.7 Å². The number of hydrogen-bond acceptors (Lipinski definition) is 4. The fraction of sp³-hybridized carbons (Fsp3) is 0.381. The highest BCUT2D eigenvalue weighted by Gasteiger charge is 2.29. The molecule has 0 aromatic heterocycles. The molecule has 1 saturated heterocycles. The van der Waals surface area contributed by atoms with Gasteiger partial charge in [0, 0.05) is 38.3 Å². The summed E-state index contributed by atoms with van der Waals surface area (Å²) in [7, 11) is 0. The number of anilines is 1. The first kappa shape index (κ1) is 18.3. The number of rotatable bonds is 7. The number of carboxylic acid groups (broad SMARTS) is 1. The van der Waals surface area contributed by atoms with E-state index >= 15 is 0 Å². The summed E-state index contributed by atoms with van der Waals surface area (Å²) < 4.78 is 5.66. The van der Waals surface area contributed by atoms with Crippen LogP contribution in [-0.4, -0.2) is 54.8 Å². The van der Waals surface area contributed by atoms with Gasteiger partial charge in [0.25, 0.3) is 0 Å². The second-order valence-electron chi connectivity index (χ2n) is 6.46. The summed E-state index contributed by atoms with van der Waals surface area (Å²) in [6, 6.07) is 17.5. The van der Waals surface area contributed by atoms with E-state index < -0.39 is 12.0 Å². The van der Waals surface area contributed by atoms with Crippen molar-refractivity contribution < 1.29 is 14.6 Å². The van der Waals surface area contributed by atoms with Gasteiger partial charge in [-0.05, 0) is 30.7 Å². The summed E-state index contributed by atoms with van der Waals surface area (Å²) in [6.45, 7) is 5.66. The molecule has 138 valence electrons. The molecule has 1 N–H and O–H groups in total. The molecule has 1 aliphatic rings. The molecular weight excluding hydrogens is 328 g/mol. The van der Waals surface area contributed by atoms with Crippen molar-refractivity contribution in [3.8, 4) is 5.75 Å². The molecule has 26 heavy (non-hydrogen) atoms. The van der Waals surface area contributed by atoms with E-state index in [4.69, 9.17) is 4.74 Å². The standard InChI is InChI=1S/C21H26N2O3/c1-2-26-20-11-7-6-8-17(20)16-19(21(24)25)23-14-12-22(13-15-23)18-9-4-3-5-10-18/h3-11,19H,2,12-16H2,1H3,(H,24,25)/t19-/m0/s1. The number of benzene rings is 2. The van der Waals surface area contributed by atoms with E-state index in [9.17, 15) is 9.90 Å². The lowest BCUT2D eigenvalue weighted by Gasteiger charge is -2.39. The molecule has 3 rings (SSSR count). The first-order valence-corrected chi connectivity index (χ1v) is 9.16. The number of nitrogens with zero attached hydrogens (tertiary/aromatic N) is 2. The van der Waals surface area contributed by atoms with Crippen LogP contribution in [0.5, 0.6) is 5.75 Å². The Bertz CT molecular complexity index is 712. The monoisotopic (exact) mass is 354 g/mol. The number of ether oxygens (including phenoxy) is 1. The Morgan fingerprint density at radius 3 is 2.35 bits per heavy atom. The molecule has 0 saturated carbocycles. The highest BCUT2D eigenvalue weighted by Crippen LogP contribution is 2.23. The van der Waals surface area contributed by atoms with E-state index in [2.05, 4.69) is 21.9 Å². The Morgan fingerprint density at radius 2 is 1.69 bits per heavy atom. The van der Waals surface area contributed by atoms with Crippen LogP contribution < -0.4 is 9.64 Å². The van der Waals surface area contributed by atoms with Crippen molar-refractivity contribution in [2.24, 2.45) is 0 Å². The Balaban J connectivity index is 1.67. The zero-order chi connectivity index (χ0) is 18.4. The smallest absolute Gasteiger partial charge is 0.321 e. The fourth-order valence-electron chi connectivity index (χ4n) is 3.48. The molecular formula is C21H26N2O3. The molecule has 1 atom stereocenters. The topological polar surface area (TPSA) is 53.0 Å². The molecule has 2 aromatic carbocycles. The second-order valence-corrected chi connectivity index (χ2v) is 6.46. The number of aliphatic carboxylic acids is 1. The van der Waals surface area contributed by atoms with E-state index in [0.29, 0.717) is 13.0 Å². The molecule has 0 bridgehead atoms.